The number of amides is 1. The highest BCUT2D eigenvalue weighted by atomic mass is 16.1. The Bertz CT molecular complexity index is 1340. The predicted molar refractivity (Wildman–Crippen MR) is 151 cm³/mol. The summed E-state index contributed by atoms with van der Waals surface area (Å²) in [5.41, 5.74) is 4.15. The summed E-state index contributed by atoms with van der Waals surface area (Å²) in [5, 5.41) is 7.16. The molecule has 4 rings (SSSR count). The van der Waals surface area contributed by atoms with Crippen molar-refractivity contribution in [3.63, 3.8) is 0 Å². The summed E-state index contributed by atoms with van der Waals surface area (Å²) in [6.07, 6.45) is 8.88. The average molecular weight is 499 g/mol. The van der Waals surface area contributed by atoms with Crippen molar-refractivity contribution in [2.24, 2.45) is 4.99 Å². The lowest BCUT2D eigenvalue weighted by atomic mass is 10.1. The van der Waals surface area contributed by atoms with Gasteiger partial charge in [0.1, 0.15) is 11.6 Å². The molecule has 2 N–H and O–H groups in total. The number of carbonyl (C=O) groups excluding carboxylic acids is 1. The van der Waals surface area contributed by atoms with Crippen LogP contribution in [0.25, 0.3) is 16.5 Å². The van der Waals surface area contributed by atoms with Gasteiger partial charge >= 0.3 is 0 Å². The average Bonchev–Trinajstić information content (AvgIpc) is 2.88. The van der Waals surface area contributed by atoms with Crippen molar-refractivity contribution >= 4 is 40.7 Å². The van der Waals surface area contributed by atoms with Crippen molar-refractivity contribution in [1.29, 1.82) is 0 Å². The van der Waals surface area contributed by atoms with Crippen LogP contribution in [-0.4, -0.2) is 71.7 Å². The molecular weight excluding hydrogens is 464 g/mol. The zero-order chi connectivity index (χ0) is 26.4. The second kappa shape index (κ2) is 11.7. The summed E-state index contributed by atoms with van der Waals surface area (Å²) < 4.78 is 0. The Morgan fingerprint density at radius 2 is 1.86 bits per heavy atom. The maximum atomic E-state index is 13.0. The molecule has 1 saturated heterocycles. The largest absolute Gasteiger partial charge is 0.382 e. The fraction of sp³-hybridized carbons (Fsp3) is 0.321. The van der Waals surface area contributed by atoms with E-state index in [1.54, 1.807) is 24.7 Å². The molecule has 37 heavy (non-hydrogen) atoms. The molecule has 0 bridgehead atoms. The first kappa shape index (κ1) is 26.0. The summed E-state index contributed by atoms with van der Waals surface area (Å²) in [5.74, 6) is 1.06. The fourth-order valence-electron chi connectivity index (χ4n) is 4.14. The van der Waals surface area contributed by atoms with Gasteiger partial charge in [0, 0.05) is 61.8 Å². The second-order valence-corrected chi connectivity index (χ2v) is 9.53. The molecule has 0 saturated carbocycles. The van der Waals surface area contributed by atoms with Gasteiger partial charge < -0.3 is 20.4 Å². The lowest BCUT2D eigenvalue weighted by Crippen LogP contribution is -2.44. The molecule has 192 valence electrons. The van der Waals surface area contributed by atoms with E-state index in [0.29, 0.717) is 11.4 Å². The molecule has 0 atom stereocenters. The number of nitrogens with zero attached hydrogens (tertiary/aromatic N) is 6. The first-order valence-electron chi connectivity index (χ1n) is 12.4. The van der Waals surface area contributed by atoms with Crippen molar-refractivity contribution in [2.45, 2.75) is 26.8 Å². The molecule has 0 aromatic carbocycles. The number of pyridine rings is 3. The molecule has 9 heteroatoms. The van der Waals surface area contributed by atoms with Crippen LogP contribution in [0.3, 0.4) is 0 Å². The molecule has 1 aliphatic rings. The third-order valence-corrected chi connectivity index (χ3v) is 6.16. The van der Waals surface area contributed by atoms with Crippen molar-refractivity contribution in [2.75, 3.05) is 43.4 Å². The highest BCUT2D eigenvalue weighted by Gasteiger charge is 2.17. The van der Waals surface area contributed by atoms with Crippen LogP contribution in [0.5, 0.6) is 0 Å². The van der Waals surface area contributed by atoms with Crippen LogP contribution >= 0.6 is 0 Å². The number of aromatic nitrogens is 3. The summed E-state index contributed by atoms with van der Waals surface area (Å²) in [6.45, 7) is 13.4. The van der Waals surface area contributed by atoms with E-state index in [1.165, 1.54) is 0 Å². The number of nitrogens with one attached hydrogen (secondary N) is 2. The van der Waals surface area contributed by atoms with Gasteiger partial charge in [0.05, 0.1) is 17.4 Å². The quantitative estimate of drug-likeness (QED) is 0.358. The Kier molecular flexibility index (Phi) is 8.25. The minimum absolute atomic E-state index is 0.226. The summed E-state index contributed by atoms with van der Waals surface area (Å²) in [7, 11) is 2.11. The van der Waals surface area contributed by atoms with Gasteiger partial charge in [-0.2, -0.15) is 0 Å². The molecule has 0 aliphatic carbocycles. The molecular formula is C28H34N8O. The molecule has 1 aliphatic heterocycles. The van der Waals surface area contributed by atoms with E-state index in [0.717, 1.165) is 59.7 Å². The van der Waals surface area contributed by atoms with Gasteiger partial charge in [0.2, 0.25) is 0 Å². The van der Waals surface area contributed by atoms with E-state index in [1.807, 2.05) is 37.4 Å². The maximum absolute atomic E-state index is 13.0. The van der Waals surface area contributed by atoms with Crippen LogP contribution in [-0.2, 0) is 0 Å². The monoisotopic (exact) mass is 498 g/mol. The first-order chi connectivity index (χ1) is 17.8. The summed E-state index contributed by atoms with van der Waals surface area (Å²) in [6, 6.07) is 7.70. The molecule has 1 amide bonds. The van der Waals surface area contributed by atoms with Gasteiger partial charge in [0.25, 0.3) is 5.91 Å². The standard InChI is InChI=1S/C28H34N8O/c1-19(2)33-24(17-29-4)12-20(3)23-13-22-14-26(32-18-25(22)31-16-23)34-28(37)21-6-7-30-27(15-21)36-10-8-35(5)9-11-36/h6-7,12-19,33H,4,8-11H2,1-3,5H3,(H,32,34,37)/b20-12+,24-17+. The van der Waals surface area contributed by atoms with Crippen LogP contribution in [0.4, 0.5) is 11.6 Å². The number of likely N-dealkylation sites (N-methyl/N-ethyl adjacent to an activating group) is 1. The summed E-state index contributed by atoms with van der Waals surface area (Å²) in [4.78, 5) is 34.8. The van der Waals surface area contributed by atoms with Gasteiger partial charge in [0.15, 0.2) is 0 Å². The fourth-order valence-corrected chi connectivity index (χ4v) is 4.14. The minimum atomic E-state index is -0.226. The minimum Gasteiger partial charge on any atom is -0.382 e. The number of hydrogen-bond acceptors (Lipinski definition) is 8. The van der Waals surface area contributed by atoms with Gasteiger partial charge in [-0.15, -0.1) is 0 Å². The zero-order valence-electron chi connectivity index (χ0n) is 21.9. The van der Waals surface area contributed by atoms with E-state index < -0.39 is 0 Å². The van der Waals surface area contributed by atoms with Crippen LogP contribution < -0.4 is 15.5 Å². The number of carbonyl (C=O) groups is 1. The third-order valence-electron chi connectivity index (χ3n) is 6.16. The number of fused-ring (bicyclic) bond motifs is 1. The van der Waals surface area contributed by atoms with Gasteiger partial charge in [-0.05, 0) is 76.0 Å². The number of rotatable bonds is 8. The van der Waals surface area contributed by atoms with E-state index in [9.17, 15) is 4.79 Å². The topological polar surface area (TPSA) is 98.6 Å². The normalized spacial score (nSPS) is 15.2. The zero-order valence-corrected chi connectivity index (χ0v) is 21.9. The molecule has 4 heterocycles. The third kappa shape index (κ3) is 6.77. The Labute approximate surface area is 218 Å². The molecule has 3 aromatic rings. The maximum Gasteiger partial charge on any atom is 0.257 e. The highest BCUT2D eigenvalue weighted by Crippen LogP contribution is 2.22. The number of piperazine rings is 1. The molecule has 0 unspecified atom stereocenters. The smallest absolute Gasteiger partial charge is 0.257 e. The highest BCUT2D eigenvalue weighted by molar-refractivity contribution is 6.04. The van der Waals surface area contributed by atoms with E-state index >= 15 is 0 Å². The number of aliphatic imine (C=N–C) groups is 1. The Morgan fingerprint density at radius 3 is 2.59 bits per heavy atom. The summed E-state index contributed by atoms with van der Waals surface area (Å²) >= 11 is 0. The van der Waals surface area contributed by atoms with Crippen LogP contribution in [0.15, 0.2) is 65.8 Å². The Morgan fingerprint density at radius 1 is 1.08 bits per heavy atom. The number of anilines is 2. The van der Waals surface area contributed by atoms with Gasteiger partial charge in [-0.1, -0.05) is 0 Å². The van der Waals surface area contributed by atoms with Crippen molar-refractivity contribution in [3.8, 4) is 0 Å². The van der Waals surface area contributed by atoms with E-state index in [-0.39, 0.29) is 11.9 Å². The van der Waals surface area contributed by atoms with Crippen LogP contribution in [0.2, 0.25) is 0 Å². The predicted octanol–water partition coefficient (Wildman–Crippen LogP) is 3.97. The van der Waals surface area contributed by atoms with Gasteiger partial charge in [-0.3, -0.25) is 14.8 Å². The lowest BCUT2D eigenvalue weighted by Gasteiger charge is -2.33. The molecule has 3 aromatic heterocycles. The number of allylic oxidation sites excluding steroid dienone is 2. The van der Waals surface area contributed by atoms with E-state index in [2.05, 4.69) is 68.0 Å². The Balaban J connectivity index is 1.52. The molecule has 0 radical (unpaired) electrons. The van der Waals surface area contributed by atoms with E-state index in [4.69, 9.17) is 0 Å². The van der Waals surface area contributed by atoms with Crippen molar-refractivity contribution in [1.82, 2.24) is 25.2 Å². The lowest BCUT2D eigenvalue weighted by molar-refractivity contribution is 0.102. The molecule has 9 nitrogen and oxygen atoms in total. The van der Waals surface area contributed by atoms with Crippen molar-refractivity contribution < 1.29 is 4.79 Å². The van der Waals surface area contributed by atoms with Crippen LogP contribution in [0.1, 0.15) is 36.7 Å². The van der Waals surface area contributed by atoms with Crippen molar-refractivity contribution in [3.05, 3.63) is 72.0 Å². The Hall–Kier alpha value is -4.11. The molecule has 0 spiro atoms. The number of hydrogen-bond donors (Lipinski definition) is 2. The molecule has 1 fully saturated rings. The van der Waals surface area contributed by atoms with Crippen LogP contribution in [0, 0.1) is 0 Å². The van der Waals surface area contributed by atoms with Gasteiger partial charge in [-0.25, -0.2) is 9.97 Å². The SMILES string of the molecule is C=N/C=C(\C=C(/C)c1cnc2cnc(NC(=O)c3ccnc(N4CCN(C)CC4)c3)cc2c1)NC(C)C. The first-order valence-corrected chi connectivity index (χ1v) is 12.4. The second-order valence-electron chi connectivity index (χ2n) is 9.53.